The summed E-state index contributed by atoms with van der Waals surface area (Å²) in [5.74, 6) is -0.382. The summed E-state index contributed by atoms with van der Waals surface area (Å²) in [4.78, 5) is 27.1. The van der Waals surface area contributed by atoms with Crippen molar-refractivity contribution in [3.8, 4) is 0 Å². The quantitative estimate of drug-likeness (QED) is 0.552. The highest BCUT2D eigenvalue weighted by atomic mass is 19.1. The van der Waals surface area contributed by atoms with Crippen LogP contribution < -0.4 is 11.1 Å². The van der Waals surface area contributed by atoms with Crippen molar-refractivity contribution in [3.63, 3.8) is 0 Å². The molecule has 6 heteroatoms. The first-order valence-corrected chi connectivity index (χ1v) is 10.7. The van der Waals surface area contributed by atoms with E-state index in [1.807, 2.05) is 53.4 Å². The van der Waals surface area contributed by atoms with E-state index in [2.05, 4.69) is 5.32 Å². The standard InChI is InChI=1S/C26H26FN3O2/c27-23-10-8-21(9-11-23)25(31)29-24-12-4-18(5-13-24)16-30(26(32)22-6-7-22)17-20-3-1-2-19(14-20)15-28/h1-5,8-14,22H,6-7,15-17,28H2,(H,29,31). The Balaban J connectivity index is 1.43. The van der Waals surface area contributed by atoms with Crippen molar-refractivity contribution in [1.82, 2.24) is 4.90 Å². The van der Waals surface area contributed by atoms with Crippen LogP contribution in [0.15, 0.2) is 72.8 Å². The lowest BCUT2D eigenvalue weighted by Gasteiger charge is -2.23. The Morgan fingerprint density at radius 1 is 0.906 bits per heavy atom. The van der Waals surface area contributed by atoms with Gasteiger partial charge in [-0.2, -0.15) is 0 Å². The molecule has 0 bridgehead atoms. The molecule has 5 nitrogen and oxygen atoms in total. The number of hydrogen-bond acceptors (Lipinski definition) is 3. The van der Waals surface area contributed by atoms with Crippen molar-refractivity contribution in [2.75, 3.05) is 5.32 Å². The number of nitrogens with zero attached hydrogens (tertiary/aromatic N) is 1. The largest absolute Gasteiger partial charge is 0.334 e. The van der Waals surface area contributed by atoms with Crippen LogP contribution >= 0.6 is 0 Å². The van der Waals surface area contributed by atoms with Gasteiger partial charge in [0.05, 0.1) is 0 Å². The number of carbonyl (C=O) groups excluding carboxylic acids is 2. The van der Waals surface area contributed by atoms with Crippen LogP contribution in [0.1, 0.15) is 39.9 Å². The van der Waals surface area contributed by atoms with E-state index < -0.39 is 0 Å². The third-order valence-electron chi connectivity index (χ3n) is 5.53. The second-order valence-electron chi connectivity index (χ2n) is 8.15. The molecule has 0 atom stereocenters. The van der Waals surface area contributed by atoms with Crippen molar-refractivity contribution in [2.24, 2.45) is 11.7 Å². The highest BCUT2D eigenvalue weighted by molar-refractivity contribution is 6.04. The highest BCUT2D eigenvalue weighted by Crippen LogP contribution is 2.32. The Morgan fingerprint density at radius 2 is 1.56 bits per heavy atom. The molecule has 0 unspecified atom stereocenters. The molecule has 0 saturated heterocycles. The monoisotopic (exact) mass is 431 g/mol. The van der Waals surface area contributed by atoms with Crippen molar-refractivity contribution in [3.05, 3.63) is 101 Å². The van der Waals surface area contributed by atoms with Crippen molar-refractivity contribution in [2.45, 2.75) is 32.5 Å². The van der Waals surface area contributed by atoms with Crippen LogP contribution in [0.5, 0.6) is 0 Å². The zero-order valence-corrected chi connectivity index (χ0v) is 17.8. The van der Waals surface area contributed by atoms with Crippen LogP contribution in [0.4, 0.5) is 10.1 Å². The third-order valence-corrected chi connectivity index (χ3v) is 5.53. The minimum Gasteiger partial charge on any atom is -0.334 e. The molecule has 4 rings (SSSR count). The van der Waals surface area contributed by atoms with Crippen LogP contribution in [0.3, 0.4) is 0 Å². The maximum Gasteiger partial charge on any atom is 0.255 e. The molecule has 1 fully saturated rings. The van der Waals surface area contributed by atoms with Crippen LogP contribution in [0.25, 0.3) is 0 Å². The van der Waals surface area contributed by atoms with Gasteiger partial charge in [0.2, 0.25) is 5.91 Å². The number of nitrogens with one attached hydrogen (secondary N) is 1. The fraction of sp³-hybridized carbons (Fsp3) is 0.231. The lowest BCUT2D eigenvalue weighted by atomic mass is 10.1. The normalized spacial score (nSPS) is 12.9. The average molecular weight is 432 g/mol. The van der Waals surface area contributed by atoms with E-state index in [1.54, 1.807) is 0 Å². The summed E-state index contributed by atoms with van der Waals surface area (Å²) in [7, 11) is 0. The Hall–Kier alpha value is -3.51. The predicted molar refractivity (Wildman–Crippen MR) is 122 cm³/mol. The van der Waals surface area contributed by atoms with E-state index in [4.69, 9.17) is 5.73 Å². The Bertz CT molecular complexity index is 1090. The maximum atomic E-state index is 13.0. The Kier molecular flexibility index (Phi) is 6.61. The summed E-state index contributed by atoms with van der Waals surface area (Å²) < 4.78 is 13.0. The summed E-state index contributed by atoms with van der Waals surface area (Å²) in [5.41, 5.74) is 9.86. The molecule has 164 valence electrons. The van der Waals surface area contributed by atoms with E-state index in [0.29, 0.717) is 30.9 Å². The highest BCUT2D eigenvalue weighted by Gasteiger charge is 2.33. The molecule has 0 radical (unpaired) electrons. The number of carbonyl (C=O) groups is 2. The molecule has 0 aromatic heterocycles. The fourth-order valence-electron chi connectivity index (χ4n) is 3.59. The first-order valence-electron chi connectivity index (χ1n) is 10.7. The number of amides is 2. The first-order chi connectivity index (χ1) is 15.5. The van der Waals surface area contributed by atoms with Crippen molar-refractivity contribution in [1.29, 1.82) is 0 Å². The summed E-state index contributed by atoms with van der Waals surface area (Å²) in [5, 5.41) is 2.81. The van der Waals surface area contributed by atoms with Gasteiger partial charge in [-0.25, -0.2) is 4.39 Å². The van der Waals surface area contributed by atoms with Crippen molar-refractivity contribution >= 4 is 17.5 Å². The number of benzene rings is 3. The van der Waals surface area contributed by atoms with E-state index in [-0.39, 0.29) is 23.5 Å². The zero-order valence-electron chi connectivity index (χ0n) is 17.8. The van der Waals surface area contributed by atoms with Gasteiger partial charge in [-0.3, -0.25) is 9.59 Å². The predicted octanol–water partition coefficient (Wildman–Crippen LogP) is 4.48. The van der Waals surface area contributed by atoms with Gasteiger partial charge in [0.1, 0.15) is 5.82 Å². The zero-order chi connectivity index (χ0) is 22.5. The molecular weight excluding hydrogens is 405 g/mol. The molecule has 3 aromatic carbocycles. The molecule has 32 heavy (non-hydrogen) atoms. The summed E-state index contributed by atoms with van der Waals surface area (Å²) in [6.45, 7) is 1.50. The average Bonchev–Trinajstić information content (AvgIpc) is 3.65. The Labute approximate surface area is 187 Å². The van der Waals surface area contributed by atoms with Gasteiger partial charge in [0.15, 0.2) is 0 Å². The number of anilines is 1. The summed E-state index contributed by atoms with van der Waals surface area (Å²) in [6, 6.07) is 20.8. The topological polar surface area (TPSA) is 75.4 Å². The van der Waals surface area contributed by atoms with Crippen LogP contribution in [-0.4, -0.2) is 16.7 Å². The molecule has 2 amide bonds. The van der Waals surface area contributed by atoms with Crippen molar-refractivity contribution < 1.29 is 14.0 Å². The van der Waals surface area contributed by atoms with E-state index in [0.717, 1.165) is 29.5 Å². The number of halogens is 1. The van der Waals surface area contributed by atoms with Gasteiger partial charge in [-0.15, -0.1) is 0 Å². The van der Waals surface area contributed by atoms with Gasteiger partial charge in [0.25, 0.3) is 5.91 Å². The van der Waals surface area contributed by atoms with E-state index in [9.17, 15) is 14.0 Å². The number of hydrogen-bond donors (Lipinski definition) is 2. The van der Waals surface area contributed by atoms with E-state index in [1.165, 1.54) is 24.3 Å². The first kappa shape index (κ1) is 21.7. The molecule has 1 aliphatic carbocycles. The summed E-state index contributed by atoms with van der Waals surface area (Å²) in [6.07, 6.45) is 1.90. The molecule has 3 aromatic rings. The molecule has 0 heterocycles. The summed E-state index contributed by atoms with van der Waals surface area (Å²) >= 11 is 0. The molecule has 1 saturated carbocycles. The van der Waals surface area contributed by atoms with Gasteiger partial charge in [-0.05, 0) is 65.9 Å². The van der Waals surface area contributed by atoms with Crippen LogP contribution in [0, 0.1) is 11.7 Å². The minimum atomic E-state index is -0.383. The fourth-order valence-corrected chi connectivity index (χ4v) is 3.59. The molecule has 3 N–H and O–H groups in total. The lowest BCUT2D eigenvalue weighted by molar-refractivity contribution is -0.133. The number of nitrogens with two attached hydrogens (primary N) is 1. The minimum absolute atomic E-state index is 0.127. The smallest absolute Gasteiger partial charge is 0.255 e. The SMILES string of the molecule is NCc1cccc(CN(Cc2ccc(NC(=O)c3ccc(F)cc3)cc2)C(=O)C2CC2)c1. The molecule has 0 spiro atoms. The second kappa shape index (κ2) is 9.75. The van der Waals surface area contributed by atoms with Gasteiger partial charge in [-0.1, -0.05) is 36.4 Å². The van der Waals surface area contributed by atoms with Gasteiger partial charge in [0, 0.05) is 36.8 Å². The van der Waals surface area contributed by atoms with Gasteiger partial charge >= 0.3 is 0 Å². The molecule has 0 aliphatic heterocycles. The molecular formula is C26H26FN3O2. The van der Waals surface area contributed by atoms with Crippen LogP contribution in [0.2, 0.25) is 0 Å². The second-order valence-corrected chi connectivity index (χ2v) is 8.15. The Morgan fingerprint density at radius 3 is 2.22 bits per heavy atom. The van der Waals surface area contributed by atoms with E-state index >= 15 is 0 Å². The maximum absolute atomic E-state index is 13.0. The van der Waals surface area contributed by atoms with Gasteiger partial charge < -0.3 is 16.0 Å². The third kappa shape index (κ3) is 5.59. The molecule has 1 aliphatic rings. The van der Waals surface area contributed by atoms with Crippen LogP contribution in [-0.2, 0) is 24.4 Å². The number of rotatable bonds is 8. The lowest BCUT2D eigenvalue weighted by Crippen LogP contribution is -2.31.